The zero-order chi connectivity index (χ0) is 14.9. The summed E-state index contributed by atoms with van der Waals surface area (Å²) in [6.45, 7) is 7.90. The number of piperazine rings is 1. The molecule has 1 N–H and O–H groups in total. The molecule has 2 aliphatic heterocycles. The van der Waals surface area contributed by atoms with E-state index in [0.29, 0.717) is 13.1 Å². The Bertz CT molecular complexity index is 397. The highest BCUT2D eigenvalue weighted by Crippen LogP contribution is 2.24. The summed E-state index contributed by atoms with van der Waals surface area (Å²) in [6, 6.07) is 0.0686. The minimum atomic E-state index is -0.773. The van der Waals surface area contributed by atoms with E-state index >= 15 is 0 Å². The van der Waals surface area contributed by atoms with Gasteiger partial charge in [0, 0.05) is 44.7 Å². The van der Waals surface area contributed by atoms with Crippen LogP contribution in [0.3, 0.4) is 0 Å². The number of hydrogen-bond donors (Lipinski definition) is 1. The highest BCUT2D eigenvalue weighted by molar-refractivity contribution is 5.75. The van der Waals surface area contributed by atoms with Crippen molar-refractivity contribution in [2.24, 2.45) is 5.92 Å². The summed E-state index contributed by atoms with van der Waals surface area (Å²) >= 11 is 0. The van der Waals surface area contributed by atoms with E-state index in [-0.39, 0.29) is 23.9 Å². The van der Waals surface area contributed by atoms with Crippen LogP contribution in [0.25, 0.3) is 0 Å². The maximum Gasteiger partial charge on any atom is 0.320 e. The van der Waals surface area contributed by atoms with Crippen molar-refractivity contribution in [1.29, 1.82) is 0 Å². The number of urea groups is 1. The fourth-order valence-corrected chi connectivity index (χ4v) is 3.02. The van der Waals surface area contributed by atoms with Gasteiger partial charge in [-0.05, 0) is 33.2 Å². The molecule has 0 spiro atoms. The molecule has 0 radical (unpaired) electrons. The summed E-state index contributed by atoms with van der Waals surface area (Å²) in [7, 11) is 2.08. The van der Waals surface area contributed by atoms with Gasteiger partial charge in [-0.25, -0.2) is 4.79 Å². The Hall–Kier alpha value is -1.30. The molecule has 6 nitrogen and oxygen atoms in total. The number of carboxylic acid groups (broad SMARTS) is 1. The molecule has 0 saturated carbocycles. The summed E-state index contributed by atoms with van der Waals surface area (Å²) in [5.74, 6) is -0.665. The molecule has 0 aromatic heterocycles. The van der Waals surface area contributed by atoms with Crippen LogP contribution in [-0.2, 0) is 4.79 Å². The Balaban J connectivity index is 1.91. The van der Waals surface area contributed by atoms with Crippen LogP contribution in [0.5, 0.6) is 0 Å². The Kier molecular flexibility index (Phi) is 4.22. The van der Waals surface area contributed by atoms with Gasteiger partial charge in [-0.3, -0.25) is 9.69 Å². The van der Waals surface area contributed by atoms with E-state index in [1.54, 1.807) is 0 Å². The monoisotopic (exact) mass is 283 g/mol. The number of hydrogen-bond acceptors (Lipinski definition) is 3. The van der Waals surface area contributed by atoms with E-state index < -0.39 is 5.97 Å². The molecule has 2 aliphatic rings. The first-order chi connectivity index (χ1) is 9.29. The van der Waals surface area contributed by atoms with Crippen LogP contribution in [0.1, 0.15) is 26.7 Å². The molecule has 114 valence electrons. The summed E-state index contributed by atoms with van der Waals surface area (Å²) in [5, 5.41) is 8.83. The number of carbonyl (C=O) groups is 2. The molecule has 0 aromatic rings. The number of amides is 2. The number of nitrogens with zero attached hydrogens (tertiary/aromatic N) is 3. The van der Waals surface area contributed by atoms with E-state index in [9.17, 15) is 9.59 Å². The van der Waals surface area contributed by atoms with Gasteiger partial charge in [0.25, 0.3) is 0 Å². The van der Waals surface area contributed by atoms with Crippen LogP contribution >= 0.6 is 0 Å². The van der Waals surface area contributed by atoms with Gasteiger partial charge in [-0.15, -0.1) is 0 Å². The number of carboxylic acids is 1. The second-order valence-electron chi connectivity index (χ2n) is 6.64. The molecular weight excluding hydrogens is 258 g/mol. The van der Waals surface area contributed by atoms with Gasteiger partial charge < -0.3 is 14.9 Å². The molecule has 0 aliphatic carbocycles. The summed E-state index contributed by atoms with van der Waals surface area (Å²) in [4.78, 5) is 29.2. The maximum atomic E-state index is 12.5. The fourth-order valence-electron chi connectivity index (χ4n) is 3.02. The van der Waals surface area contributed by atoms with Crippen molar-refractivity contribution >= 4 is 12.0 Å². The van der Waals surface area contributed by atoms with Crippen LogP contribution in [0.4, 0.5) is 4.79 Å². The molecule has 6 heteroatoms. The Morgan fingerprint density at radius 2 is 1.90 bits per heavy atom. The SMILES string of the molecule is CN1CCN(C(=O)N2CCC(CC(=O)O)C2)CC1(C)C. The van der Waals surface area contributed by atoms with Crippen LogP contribution in [0.15, 0.2) is 0 Å². The summed E-state index contributed by atoms with van der Waals surface area (Å²) < 4.78 is 0. The van der Waals surface area contributed by atoms with Gasteiger partial charge >= 0.3 is 12.0 Å². The van der Waals surface area contributed by atoms with E-state index in [0.717, 1.165) is 26.1 Å². The molecule has 2 fully saturated rings. The first-order valence-electron chi connectivity index (χ1n) is 7.26. The lowest BCUT2D eigenvalue weighted by Gasteiger charge is -2.46. The lowest BCUT2D eigenvalue weighted by molar-refractivity contribution is -0.138. The van der Waals surface area contributed by atoms with Crippen LogP contribution in [0.2, 0.25) is 0 Å². The average Bonchev–Trinajstić information content (AvgIpc) is 2.79. The fraction of sp³-hybridized carbons (Fsp3) is 0.857. The summed E-state index contributed by atoms with van der Waals surface area (Å²) in [6.07, 6.45) is 0.965. The topological polar surface area (TPSA) is 64.1 Å². The van der Waals surface area contributed by atoms with Crippen molar-refractivity contribution in [1.82, 2.24) is 14.7 Å². The Morgan fingerprint density at radius 1 is 1.20 bits per heavy atom. The molecule has 1 unspecified atom stereocenters. The van der Waals surface area contributed by atoms with Gasteiger partial charge in [0.05, 0.1) is 0 Å². The number of rotatable bonds is 2. The second-order valence-corrected chi connectivity index (χ2v) is 6.64. The van der Waals surface area contributed by atoms with Gasteiger partial charge in [-0.2, -0.15) is 0 Å². The van der Waals surface area contributed by atoms with Crippen molar-refractivity contribution in [2.75, 3.05) is 39.8 Å². The quantitative estimate of drug-likeness (QED) is 0.819. The smallest absolute Gasteiger partial charge is 0.320 e. The van der Waals surface area contributed by atoms with E-state index in [4.69, 9.17) is 5.11 Å². The number of carbonyl (C=O) groups excluding carboxylic acids is 1. The molecule has 2 heterocycles. The average molecular weight is 283 g/mol. The van der Waals surface area contributed by atoms with Crippen LogP contribution < -0.4 is 0 Å². The van der Waals surface area contributed by atoms with Gasteiger partial charge in [0.2, 0.25) is 0 Å². The molecule has 2 amide bonds. The highest BCUT2D eigenvalue weighted by atomic mass is 16.4. The molecule has 0 bridgehead atoms. The Labute approximate surface area is 120 Å². The Morgan fingerprint density at radius 3 is 2.50 bits per heavy atom. The third-order valence-corrected chi connectivity index (χ3v) is 4.61. The lowest BCUT2D eigenvalue weighted by atomic mass is 10.00. The number of likely N-dealkylation sites (N-methyl/N-ethyl adjacent to an activating group) is 1. The van der Waals surface area contributed by atoms with Gasteiger partial charge in [0.15, 0.2) is 0 Å². The standard InChI is InChI=1S/C14H25N3O3/c1-14(2)10-17(7-6-15(14)3)13(20)16-5-4-11(9-16)8-12(18)19/h11H,4-10H2,1-3H3,(H,18,19). The predicted octanol–water partition coefficient (Wildman–Crippen LogP) is 0.929. The number of likely N-dealkylation sites (tertiary alicyclic amines) is 1. The summed E-state index contributed by atoms with van der Waals surface area (Å²) in [5.41, 5.74) is -0.00585. The van der Waals surface area contributed by atoms with Crippen molar-refractivity contribution in [3.05, 3.63) is 0 Å². The van der Waals surface area contributed by atoms with E-state index in [1.807, 2.05) is 9.80 Å². The predicted molar refractivity (Wildman–Crippen MR) is 75.6 cm³/mol. The third-order valence-electron chi connectivity index (χ3n) is 4.61. The molecular formula is C14H25N3O3. The van der Waals surface area contributed by atoms with Crippen molar-refractivity contribution < 1.29 is 14.7 Å². The van der Waals surface area contributed by atoms with Crippen LogP contribution in [0, 0.1) is 5.92 Å². The molecule has 1 atom stereocenters. The van der Waals surface area contributed by atoms with Crippen molar-refractivity contribution in [3.63, 3.8) is 0 Å². The molecule has 2 saturated heterocycles. The third kappa shape index (κ3) is 3.23. The normalized spacial score (nSPS) is 26.9. The van der Waals surface area contributed by atoms with Crippen molar-refractivity contribution in [2.45, 2.75) is 32.2 Å². The molecule has 2 rings (SSSR count). The zero-order valence-electron chi connectivity index (χ0n) is 12.6. The largest absolute Gasteiger partial charge is 0.481 e. The van der Waals surface area contributed by atoms with Gasteiger partial charge in [0.1, 0.15) is 0 Å². The first kappa shape index (κ1) is 15.1. The number of aliphatic carboxylic acids is 1. The zero-order valence-corrected chi connectivity index (χ0v) is 12.6. The van der Waals surface area contributed by atoms with Gasteiger partial charge in [-0.1, -0.05) is 0 Å². The minimum Gasteiger partial charge on any atom is -0.481 e. The molecule has 0 aromatic carbocycles. The van der Waals surface area contributed by atoms with Crippen LogP contribution in [-0.4, -0.2) is 77.1 Å². The maximum absolute atomic E-state index is 12.5. The minimum absolute atomic E-state index is 0.00585. The first-order valence-corrected chi connectivity index (χ1v) is 7.26. The second kappa shape index (κ2) is 5.60. The van der Waals surface area contributed by atoms with E-state index in [1.165, 1.54) is 0 Å². The van der Waals surface area contributed by atoms with Crippen molar-refractivity contribution in [3.8, 4) is 0 Å². The van der Waals surface area contributed by atoms with E-state index in [2.05, 4.69) is 25.8 Å². The highest BCUT2D eigenvalue weighted by Gasteiger charge is 2.36. The lowest BCUT2D eigenvalue weighted by Crippen LogP contribution is -2.60. The molecule has 20 heavy (non-hydrogen) atoms.